The normalized spacial score (nSPS) is 13.5. The first-order valence-electron chi connectivity index (χ1n) is 3.64. The maximum absolute atomic E-state index is 10.2. The quantitative estimate of drug-likeness (QED) is 0.431. The summed E-state index contributed by atoms with van der Waals surface area (Å²) in [5.41, 5.74) is 5.27. The number of carbonyl (C=O) groups is 1. The largest absolute Gasteiger partial charge is 0.480 e. The van der Waals surface area contributed by atoms with Crippen LogP contribution in [-0.2, 0) is 4.79 Å². The molecule has 0 aromatic rings. The second kappa shape index (κ2) is 7.29. The minimum absolute atomic E-state index is 0.0718. The molecular formula is C6H14N2O5. The molecule has 0 aliphatic rings. The summed E-state index contributed by atoms with van der Waals surface area (Å²) in [5, 5.41) is 22.0. The van der Waals surface area contributed by atoms with E-state index in [0.717, 1.165) is 6.42 Å². The zero-order chi connectivity index (χ0) is 11.0. The molecule has 13 heavy (non-hydrogen) atoms. The van der Waals surface area contributed by atoms with E-state index >= 15 is 0 Å². The summed E-state index contributed by atoms with van der Waals surface area (Å²) in [5.74, 6) is -0.841. The van der Waals surface area contributed by atoms with Gasteiger partial charge in [0.25, 0.3) is 5.09 Å². The van der Waals surface area contributed by atoms with E-state index in [9.17, 15) is 4.79 Å². The van der Waals surface area contributed by atoms with Gasteiger partial charge in [-0.2, -0.15) is 0 Å². The number of hydrogen-bond acceptors (Lipinski definition) is 4. The van der Waals surface area contributed by atoms with Gasteiger partial charge in [0.2, 0.25) is 0 Å². The summed E-state index contributed by atoms with van der Waals surface area (Å²) >= 11 is 0. The van der Waals surface area contributed by atoms with Gasteiger partial charge in [-0.1, -0.05) is 20.3 Å². The maximum atomic E-state index is 10.2. The van der Waals surface area contributed by atoms with Crippen molar-refractivity contribution < 1.29 is 20.2 Å². The third-order valence-electron chi connectivity index (χ3n) is 1.54. The second-order valence-corrected chi connectivity index (χ2v) is 2.49. The van der Waals surface area contributed by atoms with Crippen LogP contribution >= 0.6 is 0 Å². The molecule has 7 nitrogen and oxygen atoms in total. The van der Waals surface area contributed by atoms with E-state index in [1.807, 2.05) is 13.8 Å². The van der Waals surface area contributed by atoms with Crippen molar-refractivity contribution in [2.45, 2.75) is 26.3 Å². The van der Waals surface area contributed by atoms with Crippen LogP contribution in [0, 0.1) is 16.0 Å². The van der Waals surface area contributed by atoms with Gasteiger partial charge in [0, 0.05) is 0 Å². The highest BCUT2D eigenvalue weighted by molar-refractivity contribution is 5.73. The van der Waals surface area contributed by atoms with Crippen LogP contribution < -0.4 is 5.73 Å². The fourth-order valence-corrected chi connectivity index (χ4v) is 0.497. The lowest BCUT2D eigenvalue weighted by Gasteiger charge is -2.11. The second-order valence-electron chi connectivity index (χ2n) is 2.49. The molecule has 4 N–H and O–H groups in total. The molecule has 78 valence electrons. The Kier molecular flexibility index (Phi) is 7.94. The molecule has 0 heterocycles. The van der Waals surface area contributed by atoms with Crippen LogP contribution in [0.2, 0.25) is 0 Å². The Bertz CT molecular complexity index is 168. The fourth-order valence-electron chi connectivity index (χ4n) is 0.497. The van der Waals surface area contributed by atoms with E-state index in [1.54, 1.807) is 0 Å². The van der Waals surface area contributed by atoms with Crippen molar-refractivity contribution in [3.05, 3.63) is 10.1 Å². The zero-order valence-corrected chi connectivity index (χ0v) is 7.51. The lowest BCUT2D eigenvalue weighted by molar-refractivity contribution is -0.742. The summed E-state index contributed by atoms with van der Waals surface area (Å²) in [6.07, 6.45) is 0.813. The molecule has 7 heteroatoms. The number of nitrogens with two attached hydrogens (primary N) is 1. The van der Waals surface area contributed by atoms with Gasteiger partial charge in [0.1, 0.15) is 6.04 Å². The molecule has 2 atom stereocenters. The Hall–Kier alpha value is -1.37. The Morgan fingerprint density at radius 3 is 2.08 bits per heavy atom. The summed E-state index contributed by atoms with van der Waals surface area (Å²) in [7, 11) is 0. The van der Waals surface area contributed by atoms with Gasteiger partial charge >= 0.3 is 5.97 Å². The van der Waals surface area contributed by atoms with Crippen molar-refractivity contribution in [3.63, 3.8) is 0 Å². The first-order chi connectivity index (χ1) is 5.82. The Labute approximate surface area is 75.3 Å². The molecule has 0 aromatic carbocycles. The number of carboxylic acids is 1. The zero-order valence-electron chi connectivity index (χ0n) is 7.51. The summed E-state index contributed by atoms with van der Waals surface area (Å²) < 4.78 is 0. The van der Waals surface area contributed by atoms with Crippen LogP contribution in [0.15, 0.2) is 0 Å². The van der Waals surface area contributed by atoms with Gasteiger partial charge in [-0.15, -0.1) is 10.1 Å². The molecule has 0 aliphatic heterocycles. The van der Waals surface area contributed by atoms with Crippen molar-refractivity contribution in [2.75, 3.05) is 0 Å². The molecule has 0 amide bonds. The van der Waals surface area contributed by atoms with Gasteiger partial charge in [-0.3, -0.25) is 4.79 Å². The van der Waals surface area contributed by atoms with Gasteiger partial charge < -0.3 is 16.0 Å². The third-order valence-corrected chi connectivity index (χ3v) is 1.54. The van der Waals surface area contributed by atoms with Gasteiger partial charge in [-0.05, 0) is 5.92 Å². The molecule has 0 fully saturated rings. The molecule has 0 aromatic heterocycles. The topological polar surface area (TPSA) is 127 Å². The lowest BCUT2D eigenvalue weighted by atomic mass is 10.0. The molecular weight excluding hydrogens is 180 g/mol. The molecule has 0 spiro atoms. The maximum Gasteiger partial charge on any atom is 0.320 e. The van der Waals surface area contributed by atoms with E-state index in [0.29, 0.717) is 0 Å². The van der Waals surface area contributed by atoms with Crippen LogP contribution in [0.1, 0.15) is 20.3 Å². The van der Waals surface area contributed by atoms with Crippen LogP contribution in [0.25, 0.3) is 0 Å². The summed E-state index contributed by atoms with van der Waals surface area (Å²) in [6, 6.07) is -0.699. The molecule has 0 radical (unpaired) electrons. The van der Waals surface area contributed by atoms with Crippen LogP contribution in [-0.4, -0.2) is 27.4 Å². The van der Waals surface area contributed by atoms with Gasteiger partial charge in [0.15, 0.2) is 0 Å². The highest BCUT2D eigenvalue weighted by Crippen LogP contribution is 2.04. The van der Waals surface area contributed by atoms with Gasteiger partial charge in [-0.25, -0.2) is 0 Å². The van der Waals surface area contributed by atoms with E-state index in [4.69, 9.17) is 26.2 Å². The fraction of sp³-hybridized carbons (Fsp3) is 0.833. The van der Waals surface area contributed by atoms with E-state index < -0.39 is 17.1 Å². The standard InChI is InChI=1S/C6H13NO2.HNO3/c1-3-4(2)5(7)6(8)9;2-1(3)4/h4-5H,3,7H2,1-2H3,(H,8,9);(H,2,3,4). The van der Waals surface area contributed by atoms with Crippen molar-refractivity contribution in [1.29, 1.82) is 0 Å². The monoisotopic (exact) mass is 194 g/mol. The van der Waals surface area contributed by atoms with E-state index in [-0.39, 0.29) is 5.92 Å². The smallest absolute Gasteiger partial charge is 0.320 e. The molecule has 0 bridgehead atoms. The molecule has 0 saturated heterocycles. The first-order valence-corrected chi connectivity index (χ1v) is 3.64. The van der Waals surface area contributed by atoms with Crippen LogP contribution in [0.3, 0.4) is 0 Å². The SMILES string of the molecule is CCC(C)C(N)C(=O)O.O=[N+]([O-])O. The van der Waals surface area contributed by atoms with E-state index in [1.165, 1.54) is 0 Å². The Morgan fingerprint density at radius 2 is 2.00 bits per heavy atom. The summed E-state index contributed by atoms with van der Waals surface area (Å²) in [4.78, 5) is 18.5. The highest BCUT2D eigenvalue weighted by Gasteiger charge is 2.17. The van der Waals surface area contributed by atoms with E-state index in [2.05, 4.69) is 0 Å². The average Bonchev–Trinajstić information content (AvgIpc) is 2.00. The lowest BCUT2D eigenvalue weighted by Crippen LogP contribution is -2.36. The third kappa shape index (κ3) is 10.6. The number of rotatable bonds is 3. The molecule has 0 saturated carbocycles. The number of nitrogens with zero attached hydrogens (tertiary/aromatic N) is 1. The van der Waals surface area contributed by atoms with Crippen molar-refractivity contribution in [3.8, 4) is 0 Å². The molecule has 0 rings (SSSR count). The number of aliphatic carboxylic acids is 1. The number of carboxylic acid groups (broad SMARTS) is 1. The first kappa shape index (κ1) is 14.2. The molecule has 0 aliphatic carbocycles. The summed E-state index contributed by atoms with van der Waals surface area (Å²) in [6.45, 7) is 3.76. The Morgan fingerprint density at radius 1 is 1.69 bits per heavy atom. The Balaban J connectivity index is 0. The average molecular weight is 194 g/mol. The predicted octanol–water partition coefficient (Wildman–Crippen LogP) is 0.0967. The highest BCUT2D eigenvalue weighted by atomic mass is 16.9. The van der Waals surface area contributed by atoms with Crippen molar-refractivity contribution >= 4 is 5.97 Å². The molecule has 2 unspecified atom stereocenters. The minimum atomic E-state index is -1.50. The van der Waals surface area contributed by atoms with Gasteiger partial charge in [0.05, 0.1) is 0 Å². The predicted molar refractivity (Wildman–Crippen MR) is 43.8 cm³/mol. The van der Waals surface area contributed by atoms with Crippen molar-refractivity contribution in [1.82, 2.24) is 0 Å². The van der Waals surface area contributed by atoms with Crippen LogP contribution in [0.5, 0.6) is 0 Å². The van der Waals surface area contributed by atoms with Crippen LogP contribution in [0.4, 0.5) is 0 Å². The van der Waals surface area contributed by atoms with Crippen molar-refractivity contribution in [2.24, 2.45) is 11.7 Å². The number of hydrogen-bond donors (Lipinski definition) is 3. The minimum Gasteiger partial charge on any atom is -0.480 e.